The summed E-state index contributed by atoms with van der Waals surface area (Å²) < 4.78 is 33.0. The maximum atomic E-state index is 12.7. The van der Waals surface area contributed by atoms with Gasteiger partial charge in [0.25, 0.3) is 0 Å². The molecule has 2 bridgehead atoms. The van der Waals surface area contributed by atoms with Gasteiger partial charge in [-0.05, 0) is 44.7 Å². The SMILES string of the molecule is COC(=O)c1cc(C)ccc1S(=O)(=O)NC1CC2CCC(C1)N2. The van der Waals surface area contributed by atoms with Gasteiger partial charge in [-0.1, -0.05) is 11.6 Å². The van der Waals surface area contributed by atoms with E-state index in [2.05, 4.69) is 10.0 Å². The highest BCUT2D eigenvalue weighted by Gasteiger charge is 2.36. The van der Waals surface area contributed by atoms with Crippen LogP contribution in [0.3, 0.4) is 0 Å². The molecule has 1 aromatic rings. The Morgan fingerprint density at radius 3 is 2.52 bits per heavy atom. The van der Waals surface area contributed by atoms with Gasteiger partial charge < -0.3 is 10.1 Å². The predicted molar refractivity (Wildman–Crippen MR) is 85.8 cm³/mol. The predicted octanol–water partition coefficient (Wildman–Crippen LogP) is 1.34. The number of rotatable bonds is 4. The maximum Gasteiger partial charge on any atom is 0.339 e. The van der Waals surface area contributed by atoms with Crippen LogP contribution in [0.5, 0.6) is 0 Å². The van der Waals surface area contributed by atoms with E-state index in [0.29, 0.717) is 12.1 Å². The zero-order valence-electron chi connectivity index (χ0n) is 13.3. The first-order valence-corrected chi connectivity index (χ1v) is 9.34. The first-order chi connectivity index (χ1) is 10.9. The number of hydrogen-bond donors (Lipinski definition) is 2. The Morgan fingerprint density at radius 1 is 1.26 bits per heavy atom. The quantitative estimate of drug-likeness (QED) is 0.810. The summed E-state index contributed by atoms with van der Waals surface area (Å²) in [6.07, 6.45) is 3.77. The van der Waals surface area contributed by atoms with Crippen molar-refractivity contribution in [3.63, 3.8) is 0 Å². The molecule has 0 spiro atoms. The molecule has 23 heavy (non-hydrogen) atoms. The molecule has 3 rings (SSSR count). The average Bonchev–Trinajstić information content (AvgIpc) is 2.84. The Bertz CT molecular complexity index is 705. The van der Waals surface area contributed by atoms with Crippen LogP contribution in [0.2, 0.25) is 0 Å². The smallest absolute Gasteiger partial charge is 0.339 e. The summed E-state index contributed by atoms with van der Waals surface area (Å²) in [4.78, 5) is 11.9. The first kappa shape index (κ1) is 16.4. The third-order valence-electron chi connectivity index (χ3n) is 4.62. The minimum absolute atomic E-state index is 0.0131. The summed E-state index contributed by atoms with van der Waals surface area (Å²) in [6, 6.07) is 5.39. The highest BCUT2D eigenvalue weighted by atomic mass is 32.2. The number of ether oxygens (including phenoxy) is 1. The average molecular weight is 338 g/mol. The molecule has 0 saturated carbocycles. The lowest BCUT2D eigenvalue weighted by Gasteiger charge is -2.29. The van der Waals surface area contributed by atoms with Gasteiger partial charge in [-0.3, -0.25) is 0 Å². The molecule has 0 amide bonds. The van der Waals surface area contributed by atoms with Crippen molar-refractivity contribution in [3.8, 4) is 0 Å². The Balaban J connectivity index is 1.86. The van der Waals surface area contributed by atoms with Gasteiger partial charge in [0, 0.05) is 18.1 Å². The molecule has 2 N–H and O–H groups in total. The summed E-state index contributed by atoms with van der Waals surface area (Å²) in [5, 5.41) is 3.48. The molecule has 126 valence electrons. The van der Waals surface area contributed by atoms with Gasteiger partial charge >= 0.3 is 5.97 Å². The van der Waals surface area contributed by atoms with Crippen molar-refractivity contribution in [2.75, 3.05) is 7.11 Å². The van der Waals surface area contributed by atoms with E-state index in [0.717, 1.165) is 31.2 Å². The van der Waals surface area contributed by atoms with Crippen molar-refractivity contribution >= 4 is 16.0 Å². The fraction of sp³-hybridized carbons (Fsp3) is 0.562. The number of hydrogen-bond acceptors (Lipinski definition) is 5. The number of piperidine rings is 1. The highest BCUT2D eigenvalue weighted by molar-refractivity contribution is 7.89. The normalized spacial score (nSPS) is 27.0. The molecule has 2 saturated heterocycles. The number of benzene rings is 1. The van der Waals surface area contributed by atoms with E-state index in [1.54, 1.807) is 19.1 Å². The van der Waals surface area contributed by atoms with Crippen LogP contribution in [0.15, 0.2) is 23.1 Å². The summed E-state index contributed by atoms with van der Waals surface area (Å²) in [6.45, 7) is 1.81. The minimum atomic E-state index is -3.76. The summed E-state index contributed by atoms with van der Waals surface area (Å²) in [5.74, 6) is -0.639. The highest BCUT2D eigenvalue weighted by Crippen LogP contribution is 2.28. The van der Waals surface area contributed by atoms with Gasteiger partial charge in [0.1, 0.15) is 0 Å². The Labute approximate surface area is 136 Å². The number of carbonyl (C=O) groups excluding carboxylic acids is 1. The van der Waals surface area contributed by atoms with E-state index in [9.17, 15) is 13.2 Å². The van der Waals surface area contributed by atoms with Crippen LogP contribution in [0.4, 0.5) is 0 Å². The molecule has 2 unspecified atom stereocenters. The molecule has 2 aliphatic heterocycles. The molecule has 2 aliphatic rings. The Morgan fingerprint density at radius 2 is 1.91 bits per heavy atom. The van der Waals surface area contributed by atoms with Crippen LogP contribution in [-0.4, -0.2) is 39.6 Å². The van der Waals surface area contributed by atoms with Gasteiger partial charge in [-0.15, -0.1) is 0 Å². The second kappa shape index (κ2) is 6.22. The molecule has 2 heterocycles. The third kappa shape index (κ3) is 3.41. The zero-order chi connectivity index (χ0) is 16.6. The van der Waals surface area contributed by atoms with Crippen molar-refractivity contribution in [3.05, 3.63) is 29.3 Å². The summed E-state index contributed by atoms with van der Waals surface area (Å²) in [7, 11) is -2.51. The largest absolute Gasteiger partial charge is 0.465 e. The number of esters is 1. The number of nitrogens with one attached hydrogen (secondary N) is 2. The molecular formula is C16H22N2O4S. The Kier molecular flexibility index (Phi) is 4.44. The van der Waals surface area contributed by atoms with Crippen molar-refractivity contribution in [2.45, 2.75) is 55.6 Å². The van der Waals surface area contributed by atoms with Gasteiger partial charge in [0.15, 0.2) is 0 Å². The zero-order valence-corrected chi connectivity index (χ0v) is 14.2. The van der Waals surface area contributed by atoms with Crippen LogP contribution in [-0.2, 0) is 14.8 Å². The molecule has 0 radical (unpaired) electrons. The van der Waals surface area contributed by atoms with Crippen LogP contribution >= 0.6 is 0 Å². The molecule has 7 heteroatoms. The topological polar surface area (TPSA) is 84.5 Å². The van der Waals surface area contributed by atoms with Crippen molar-refractivity contribution in [1.29, 1.82) is 0 Å². The third-order valence-corrected chi connectivity index (χ3v) is 6.20. The monoisotopic (exact) mass is 338 g/mol. The first-order valence-electron chi connectivity index (χ1n) is 7.86. The summed E-state index contributed by atoms with van der Waals surface area (Å²) >= 11 is 0. The molecule has 2 fully saturated rings. The molecular weight excluding hydrogens is 316 g/mol. The van der Waals surface area contributed by atoms with E-state index < -0.39 is 16.0 Å². The minimum Gasteiger partial charge on any atom is -0.465 e. The van der Waals surface area contributed by atoms with E-state index in [4.69, 9.17) is 4.74 Å². The van der Waals surface area contributed by atoms with Crippen LogP contribution in [0, 0.1) is 6.92 Å². The van der Waals surface area contributed by atoms with Crippen molar-refractivity contribution in [2.24, 2.45) is 0 Å². The summed E-state index contributed by atoms with van der Waals surface area (Å²) in [5.41, 5.74) is 0.890. The molecule has 0 aliphatic carbocycles. The second-order valence-corrected chi connectivity index (χ2v) is 8.10. The number of carbonyl (C=O) groups is 1. The van der Waals surface area contributed by atoms with Gasteiger partial charge in [0.05, 0.1) is 17.6 Å². The lowest BCUT2D eigenvalue weighted by atomic mass is 10.0. The lowest BCUT2D eigenvalue weighted by molar-refractivity contribution is 0.0596. The van der Waals surface area contributed by atoms with Crippen molar-refractivity contribution in [1.82, 2.24) is 10.0 Å². The van der Waals surface area contributed by atoms with E-state index >= 15 is 0 Å². The van der Waals surface area contributed by atoms with Gasteiger partial charge in [-0.2, -0.15) is 0 Å². The fourth-order valence-corrected chi connectivity index (χ4v) is 5.02. The Hall–Kier alpha value is -1.44. The van der Waals surface area contributed by atoms with E-state index in [-0.39, 0.29) is 16.5 Å². The standard InChI is InChI=1S/C16H22N2O4S/c1-10-3-6-15(14(7-10)16(19)22-2)23(20,21)18-13-8-11-4-5-12(9-13)17-11/h3,6-7,11-13,17-18H,4-5,8-9H2,1-2H3. The molecule has 0 aromatic heterocycles. The van der Waals surface area contributed by atoms with Crippen LogP contribution in [0.25, 0.3) is 0 Å². The molecule has 2 atom stereocenters. The fourth-order valence-electron chi connectivity index (χ4n) is 3.58. The molecule has 6 nitrogen and oxygen atoms in total. The van der Waals surface area contributed by atoms with Gasteiger partial charge in [-0.25, -0.2) is 17.9 Å². The van der Waals surface area contributed by atoms with E-state index in [1.807, 2.05) is 0 Å². The number of methoxy groups -OCH3 is 1. The van der Waals surface area contributed by atoms with Gasteiger partial charge in [0.2, 0.25) is 10.0 Å². The van der Waals surface area contributed by atoms with Crippen LogP contribution < -0.4 is 10.0 Å². The van der Waals surface area contributed by atoms with E-state index in [1.165, 1.54) is 13.2 Å². The maximum absolute atomic E-state index is 12.7. The number of fused-ring (bicyclic) bond motifs is 2. The second-order valence-electron chi connectivity index (χ2n) is 6.42. The lowest BCUT2D eigenvalue weighted by Crippen LogP contribution is -2.48. The van der Waals surface area contributed by atoms with Crippen molar-refractivity contribution < 1.29 is 17.9 Å². The van der Waals surface area contributed by atoms with Crippen LogP contribution in [0.1, 0.15) is 41.6 Å². The molecule has 1 aromatic carbocycles. The number of sulfonamides is 1. The number of aryl methyl sites for hydroxylation is 1.